The minimum absolute atomic E-state index is 0.00970. The topological polar surface area (TPSA) is 104 Å². The van der Waals surface area contributed by atoms with Gasteiger partial charge in [0.15, 0.2) is 11.6 Å². The number of benzene rings is 2. The molecule has 11 heteroatoms. The molecule has 1 heterocycles. The highest BCUT2D eigenvalue weighted by atomic mass is 19.2. The molecule has 3 N–H and O–H groups in total. The largest absolute Gasteiger partial charge is 0.447 e. The molecule has 186 valence electrons. The number of aliphatic hydroxyl groups excluding tert-OH is 1. The predicted molar refractivity (Wildman–Crippen MR) is 122 cm³/mol. The second-order valence-corrected chi connectivity index (χ2v) is 7.96. The van der Waals surface area contributed by atoms with E-state index in [1.54, 1.807) is 6.07 Å². The van der Waals surface area contributed by atoms with Crippen LogP contribution in [0.1, 0.15) is 25.8 Å². The van der Waals surface area contributed by atoms with Gasteiger partial charge in [-0.15, -0.1) is 0 Å². The van der Waals surface area contributed by atoms with Crippen LogP contribution in [0.4, 0.5) is 23.8 Å². The Morgan fingerprint density at radius 3 is 2.63 bits per heavy atom. The molecule has 3 aromatic rings. The van der Waals surface area contributed by atoms with Crippen molar-refractivity contribution in [2.75, 3.05) is 11.9 Å². The Kier molecular flexibility index (Phi) is 8.61. The van der Waals surface area contributed by atoms with Crippen molar-refractivity contribution in [3.8, 4) is 0 Å². The van der Waals surface area contributed by atoms with Gasteiger partial charge in [-0.3, -0.25) is 15.1 Å². The molecule has 8 nitrogen and oxygen atoms in total. The summed E-state index contributed by atoms with van der Waals surface area (Å²) in [5, 5.41) is 14.6. The average Bonchev–Trinajstić information content (AvgIpc) is 2.79. The van der Waals surface area contributed by atoms with Crippen LogP contribution in [0.2, 0.25) is 0 Å². The van der Waals surface area contributed by atoms with Gasteiger partial charge in [0.05, 0.1) is 12.1 Å². The lowest BCUT2D eigenvalue weighted by Gasteiger charge is -2.32. The smallest absolute Gasteiger partial charge is 0.412 e. The van der Waals surface area contributed by atoms with Gasteiger partial charge in [0.25, 0.3) is 0 Å². The molecule has 0 radical (unpaired) electrons. The number of rotatable bonds is 9. The lowest BCUT2D eigenvalue weighted by molar-refractivity contribution is -0.137. The minimum atomic E-state index is -1.05. The third kappa shape index (κ3) is 7.14. The number of ether oxygens (including phenoxy) is 1. The van der Waals surface area contributed by atoms with Crippen molar-refractivity contribution < 1.29 is 32.6 Å². The lowest BCUT2D eigenvalue weighted by atomic mass is 10.1. The number of nitrogens with one attached hydrogen (secondary N) is 2. The summed E-state index contributed by atoms with van der Waals surface area (Å²) in [5.74, 6) is -2.87. The number of hydrazine groups is 1. The SMILES string of the molecule is CC(=O)N(NCc1cccc(F)c1F)[C@H](COC(=O)Nc1cc2cc(F)ccc2cn1)C[C@@H](C)O. The highest BCUT2D eigenvalue weighted by Gasteiger charge is 2.25. The molecule has 3 rings (SSSR count). The van der Waals surface area contributed by atoms with Crippen LogP contribution in [0.15, 0.2) is 48.7 Å². The van der Waals surface area contributed by atoms with Crippen molar-refractivity contribution in [2.24, 2.45) is 0 Å². The van der Waals surface area contributed by atoms with E-state index in [0.29, 0.717) is 10.8 Å². The summed E-state index contributed by atoms with van der Waals surface area (Å²) >= 11 is 0. The number of carbonyl (C=O) groups excluding carboxylic acids is 2. The van der Waals surface area contributed by atoms with Gasteiger partial charge >= 0.3 is 6.09 Å². The van der Waals surface area contributed by atoms with E-state index in [2.05, 4.69) is 15.7 Å². The van der Waals surface area contributed by atoms with E-state index < -0.39 is 41.6 Å². The Morgan fingerprint density at radius 2 is 1.91 bits per heavy atom. The molecule has 0 aliphatic heterocycles. The molecular formula is C24H25F3N4O4. The molecule has 0 aliphatic rings. The van der Waals surface area contributed by atoms with Crippen LogP contribution < -0.4 is 10.7 Å². The number of amides is 2. The number of aromatic nitrogens is 1. The quantitative estimate of drug-likeness (QED) is 0.393. The second kappa shape index (κ2) is 11.6. The average molecular weight is 490 g/mol. The fourth-order valence-corrected chi connectivity index (χ4v) is 3.49. The van der Waals surface area contributed by atoms with Crippen LogP contribution >= 0.6 is 0 Å². The minimum Gasteiger partial charge on any atom is -0.447 e. The number of anilines is 1. The molecule has 0 saturated carbocycles. The van der Waals surface area contributed by atoms with Gasteiger partial charge < -0.3 is 9.84 Å². The van der Waals surface area contributed by atoms with E-state index in [0.717, 1.165) is 11.1 Å². The zero-order valence-electron chi connectivity index (χ0n) is 19.1. The third-order valence-corrected chi connectivity index (χ3v) is 5.11. The van der Waals surface area contributed by atoms with Gasteiger partial charge in [-0.2, -0.15) is 0 Å². The Labute approximate surface area is 199 Å². The van der Waals surface area contributed by atoms with E-state index >= 15 is 0 Å². The Morgan fingerprint density at radius 1 is 1.14 bits per heavy atom. The van der Waals surface area contributed by atoms with Gasteiger partial charge in [0, 0.05) is 30.6 Å². The molecular weight excluding hydrogens is 465 g/mol. The van der Waals surface area contributed by atoms with E-state index in [4.69, 9.17) is 4.74 Å². The summed E-state index contributed by atoms with van der Waals surface area (Å²) < 4.78 is 46.2. The molecule has 0 fully saturated rings. The summed E-state index contributed by atoms with van der Waals surface area (Å²) in [6, 6.07) is 8.47. The number of nitrogens with zero attached hydrogens (tertiary/aromatic N) is 2. The summed E-state index contributed by atoms with van der Waals surface area (Å²) in [7, 11) is 0. The maximum Gasteiger partial charge on any atom is 0.412 e. The molecule has 2 atom stereocenters. The number of pyridine rings is 1. The zero-order valence-corrected chi connectivity index (χ0v) is 19.1. The first-order valence-corrected chi connectivity index (χ1v) is 10.8. The van der Waals surface area contributed by atoms with Gasteiger partial charge in [0.2, 0.25) is 5.91 Å². The number of hydrogen-bond acceptors (Lipinski definition) is 6. The van der Waals surface area contributed by atoms with Crippen LogP contribution in [0.5, 0.6) is 0 Å². The van der Waals surface area contributed by atoms with E-state index in [1.807, 2.05) is 0 Å². The first-order chi connectivity index (χ1) is 16.6. The number of hydrogen-bond donors (Lipinski definition) is 3. The second-order valence-electron chi connectivity index (χ2n) is 7.96. The van der Waals surface area contributed by atoms with Gasteiger partial charge in [-0.1, -0.05) is 12.1 Å². The molecule has 0 bridgehead atoms. The Balaban J connectivity index is 1.66. The predicted octanol–water partition coefficient (Wildman–Crippen LogP) is 3.89. The first kappa shape index (κ1) is 25.9. The third-order valence-electron chi connectivity index (χ3n) is 5.11. The number of aliphatic hydroxyl groups is 1. The van der Waals surface area contributed by atoms with Crippen molar-refractivity contribution in [3.05, 3.63) is 71.7 Å². The normalized spacial score (nSPS) is 12.7. The molecule has 2 aromatic carbocycles. The van der Waals surface area contributed by atoms with Crippen LogP contribution in [-0.2, 0) is 16.1 Å². The summed E-state index contributed by atoms with van der Waals surface area (Å²) in [6.45, 7) is 2.19. The fraction of sp³-hybridized carbons (Fsp3) is 0.292. The van der Waals surface area contributed by atoms with E-state index in [9.17, 15) is 27.9 Å². The maximum absolute atomic E-state index is 14.0. The highest BCUT2D eigenvalue weighted by Crippen LogP contribution is 2.18. The first-order valence-electron chi connectivity index (χ1n) is 10.8. The number of fused-ring (bicyclic) bond motifs is 1. The fourth-order valence-electron chi connectivity index (χ4n) is 3.49. The van der Waals surface area contributed by atoms with E-state index in [-0.39, 0.29) is 31.0 Å². The van der Waals surface area contributed by atoms with Gasteiger partial charge in [0.1, 0.15) is 18.2 Å². The number of carbonyl (C=O) groups is 2. The van der Waals surface area contributed by atoms with Crippen LogP contribution in [0, 0.1) is 17.5 Å². The molecule has 0 aliphatic carbocycles. The van der Waals surface area contributed by atoms with Crippen LogP contribution in [0.3, 0.4) is 0 Å². The zero-order chi connectivity index (χ0) is 25.5. The van der Waals surface area contributed by atoms with Gasteiger partial charge in [-0.05, 0) is 49.1 Å². The Hall–Kier alpha value is -3.70. The molecule has 0 saturated heterocycles. The highest BCUT2D eigenvalue weighted by molar-refractivity contribution is 5.89. The lowest BCUT2D eigenvalue weighted by Crippen LogP contribution is -2.51. The van der Waals surface area contributed by atoms with Crippen molar-refractivity contribution in [3.63, 3.8) is 0 Å². The summed E-state index contributed by atoms with van der Waals surface area (Å²) in [4.78, 5) is 28.7. The molecule has 35 heavy (non-hydrogen) atoms. The van der Waals surface area contributed by atoms with Crippen molar-refractivity contribution in [2.45, 2.75) is 39.0 Å². The maximum atomic E-state index is 14.0. The van der Waals surface area contributed by atoms with E-state index in [1.165, 1.54) is 50.4 Å². The molecule has 0 spiro atoms. The number of halogens is 3. The molecule has 0 unspecified atom stereocenters. The van der Waals surface area contributed by atoms with Crippen molar-refractivity contribution in [1.82, 2.24) is 15.4 Å². The standard InChI is InChI=1S/C24H25F3N4O4/c1-14(32)8-20(31(15(2)33)29-12-17-4-3-5-21(26)23(17)27)13-35-24(34)30-22-10-18-9-19(25)7-6-16(18)11-28-22/h3-7,9-11,14,20,29,32H,8,12-13H2,1-2H3,(H,28,30,34)/t14-,20+/m1/s1. The molecule has 2 amide bonds. The van der Waals surface area contributed by atoms with Gasteiger partial charge in [-0.25, -0.2) is 28.4 Å². The van der Waals surface area contributed by atoms with Crippen molar-refractivity contribution in [1.29, 1.82) is 0 Å². The van der Waals surface area contributed by atoms with Crippen LogP contribution in [0.25, 0.3) is 10.8 Å². The summed E-state index contributed by atoms with van der Waals surface area (Å²) in [6.07, 6.45) is -0.256. The monoisotopic (exact) mass is 490 g/mol. The summed E-state index contributed by atoms with van der Waals surface area (Å²) in [5.41, 5.74) is 2.70. The molecule has 1 aromatic heterocycles. The van der Waals surface area contributed by atoms with Crippen LogP contribution in [-0.4, -0.2) is 45.9 Å². The Bertz CT molecular complexity index is 1210. The van der Waals surface area contributed by atoms with Crippen molar-refractivity contribution >= 4 is 28.6 Å².